The fraction of sp³-hybridized carbons (Fsp3) is 0.229. The van der Waals surface area contributed by atoms with E-state index in [-0.39, 0.29) is 41.6 Å². The Kier molecular flexibility index (Phi) is 9.76. The lowest BCUT2D eigenvalue weighted by molar-refractivity contribution is -0.115. The first-order valence-corrected chi connectivity index (χ1v) is 14.5. The molecular formula is C35H34N2O7. The van der Waals surface area contributed by atoms with E-state index in [0.717, 1.165) is 42.7 Å². The highest BCUT2D eigenvalue weighted by molar-refractivity contribution is 6.01. The molecule has 3 N–H and O–H groups in total. The Morgan fingerprint density at radius 1 is 0.750 bits per heavy atom. The van der Waals surface area contributed by atoms with E-state index in [1.54, 1.807) is 73.8 Å². The van der Waals surface area contributed by atoms with Crippen LogP contribution in [0.25, 0.3) is 0 Å². The summed E-state index contributed by atoms with van der Waals surface area (Å²) in [6.07, 6.45) is 3.57. The fourth-order valence-corrected chi connectivity index (χ4v) is 5.08. The summed E-state index contributed by atoms with van der Waals surface area (Å²) in [6.45, 7) is 0. The van der Waals surface area contributed by atoms with Gasteiger partial charge in [-0.05, 0) is 104 Å². The van der Waals surface area contributed by atoms with E-state index in [1.165, 1.54) is 6.07 Å². The van der Waals surface area contributed by atoms with Gasteiger partial charge in [0.15, 0.2) is 0 Å². The van der Waals surface area contributed by atoms with Crippen molar-refractivity contribution in [2.75, 3.05) is 12.4 Å². The smallest absolute Gasteiger partial charge is 0.337 e. The first-order valence-electron chi connectivity index (χ1n) is 14.5. The van der Waals surface area contributed by atoms with Gasteiger partial charge in [-0.15, -0.1) is 0 Å². The maximum atomic E-state index is 12.6. The first kappa shape index (κ1) is 30.2. The molecule has 1 aliphatic carbocycles. The van der Waals surface area contributed by atoms with E-state index in [0.29, 0.717) is 17.1 Å². The molecule has 9 nitrogen and oxygen atoms in total. The first-order chi connectivity index (χ1) is 21.4. The number of aromatic carboxylic acids is 1. The molecule has 44 heavy (non-hydrogen) atoms. The second-order valence-corrected chi connectivity index (χ2v) is 10.6. The van der Waals surface area contributed by atoms with Crippen LogP contribution in [0, 0.1) is 0 Å². The van der Waals surface area contributed by atoms with E-state index >= 15 is 0 Å². The number of hydrogen-bond acceptors (Lipinski definition) is 6. The maximum Gasteiger partial charge on any atom is 0.337 e. The molecule has 4 aromatic carbocycles. The molecule has 0 aromatic heterocycles. The Morgan fingerprint density at radius 3 is 1.98 bits per heavy atom. The highest BCUT2D eigenvalue weighted by atomic mass is 16.5. The van der Waals surface area contributed by atoms with E-state index < -0.39 is 5.97 Å². The van der Waals surface area contributed by atoms with Crippen LogP contribution < -0.4 is 24.8 Å². The SMILES string of the molecule is COc1ccc(C(=O)NC2CCC(Oc3ccc(Oc4ccc(CC(=O)Nc5ccccc5C(=O)O)cc4)cc3)CC2)cc1. The number of nitrogens with one attached hydrogen (secondary N) is 2. The number of carbonyl (C=O) groups excluding carboxylic acids is 2. The van der Waals surface area contributed by atoms with Crippen LogP contribution >= 0.6 is 0 Å². The van der Waals surface area contributed by atoms with Crippen LogP contribution in [0.1, 0.15) is 52.0 Å². The highest BCUT2D eigenvalue weighted by Gasteiger charge is 2.24. The zero-order chi connectivity index (χ0) is 30.9. The van der Waals surface area contributed by atoms with Gasteiger partial charge in [-0.3, -0.25) is 9.59 Å². The van der Waals surface area contributed by atoms with E-state index in [4.69, 9.17) is 14.2 Å². The van der Waals surface area contributed by atoms with Crippen molar-refractivity contribution in [3.05, 3.63) is 114 Å². The predicted molar refractivity (Wildman–Crippen MR) is 166 cm³/mol. The van der Waals surface area contributed by atoms with Crippen LogP contribution in [0.3, 0.4) is 0 Å². The molecule has 0 unspecified atom stereocenters. The Morgan fingerprint density at radius 2 is 1.34 bits per heavy atom. The molecule has 4 aromatic rings. The monoisotopic (exact) mass is 594 g/mol. The lowest BCUT2D eigenvalue weighted by Gasteiger charge is -2.29. The molecule has 0 radical (unpaired) electrons. The maximum absolute atomic E-state index is 12.6. The number of benzene rings is 4. The molecule has 9 heteroatoms. The lowest BCUT2D eigenvalue weighted by atomic mass is 9.92. The average molecular weight is 595 g/mol. The summed E-state index contributed by atoms with van der Waals surface area (Å²) >= 11 is 0. The fourth-order valence-electron chi connectivity index (χ4n) is 5.08. The van der Waals surface area contributed by atoms with Crippen LogP contribution in [0.15, 0.2) is 97.1 Å². The number of methoxy groups -OCH3 is 1. The second kappa shape index (κ2) is 14.2. The molecule has 2 amide bonds. The Labute approximate surface area is 255 Å². The van der Waals surface area contributed by atoms with Gasteiger partial charge in [-0.25, -0.2) is 4.79 Å². The second-order valence-electron chi connectivity index (χ2n) is 10.6. The van der Waals surface area contributed by atoms with E-state index in [1.807, 2.05) is 24.3 Å². The summed E-state index contributed by atoms with van der Waals surface area (Å²) in [7, 11) is 1.60. The Bertz CT molecular complexity index is 1580. The summed E-state index contributed by atoms with van der Waals surface area (Å²) < 4.78 is 17.3. The van der Waals surface area contributed by atoms with Crippen LogP contribution in [0.2, 0.25) is 0 Å². The average Bonchev–Trinajstić information content (AvgIpc) is 3.04. The molecule has 0 atom stereocenters. The number of rotatable bonds is 11. The number of ether oxygens (including phenoxy) is 3. The summed E-state index contributed by atoms with van der Waals surface area (Å²) in [5.41, 5.74) is 1.69. The number of anilines is 1. The van der Waals surface area contributed by atoms with Crippen molar-refractivity contribution >= 4 is 23.5 Å². The van der Waals surface area contributed by atoms with Crippen molar-refractivity contribution in [3.63, 3.8) is 0 Å². The van der Waals surface area contributed by atoms with Crippen molar-refractivity contribution in [1.29, 1.82) is 0 Å². The number of hydrogen-bond donors (Lipinski definition) is 3. The van der Waals surface area contributed by atoms with Gasteiger partial charge in [0, 0.05) is 11.6 Å². The summed E-state index contributed by atoms with van der Waals surface area (Å²) in [4.78, 5) is 36.4. The minimum absolute atomic E-state index is 0.0417. The number of carboxylic acid groups (broad SMARTS) is 1. The quantitative estimate of drug-likeness (QED) is 0.181. The Balaban J connectivity index is 1.05. The molecule has 1 saturated carbocycles. The zero-order valence-electron chi connectivity index (χ0n) is 24.3. The normalized spacial score (nSPS) is 15.9. The number of para-hydroxylation sites is 1. The minimum atomic E-state index is -1.10. The number of carbonyl (C=O) groups is 3. The third-order valence-electron chi connectivity index (χ3n) is 7.44. The summed E-state index contributed by atoms with van der Waals surface area (Å²) in [5, 5.41) is 15.1. The third-order valence-corrected chi connectivity index (χ3v) is 7.44. The molecule has 1 aliphatic rings. The molecule has 0 bridgehead atoms. The topological polar surface area (TPSA) is 123 Å². The van der Waals surface area contributed by atoms with Crippen molar-refractivity contribution < 1.29 is 33.7 Å². The van der Waals surface area contributed by atoms with Crippen LogP contribution in [-0.4, -0.2) is 42.1 Å². The number of carboxylic acids is 1. The Hall–Kier alpha value is -5.31. The van der Waals surface area contributed by atoms with Gasteiger partial charge in [-0.1, -0.05) is 24.3 Å². The largest absolute Gasteiger partial charge is 0.497 e. The van der Waals surface area contributed by atoms with Crippen LogP contribution in [-0.2, 0) is 11.2 Å². The third kappa shape index (κ3) is 8.16. The van der Waals surface area contributed by atoms with Crippen molar-refractivity contribution in [1.82, 2.24) is 5.32 Å². The van der Waals surface area contributed by atoms with Gasteiger partial charge in [0.25, 0.3) is 5.91 Å². The van der Waals surface area contributed by atoms with Gasteiger partial charge in [0.2, 0.25) is 5.91 Å². The summed E-state index contributed by atoms with van der Waals surface area (Å²) in [6, 6.07) is 28.1. The minimum Gasteiger partial charge on any atom is -0.497 e. The van der Waals surface area contributed by atoms with Gasteiger partial charge in [-0.2, -0.15) is 0 Å². The summed E-state index contributed by atoms with van der Waals surface area (Å²) in [5.74, 6) is 1.26. The lowest BCUT2D eigenvalue weighted by Crippen LogP contribution is -2.39. The molecule has 0 heterocycles. The molecule has 226 valence electrons. The standard InChI is InChI=1S/C35H34N2O7/c1-42-26-14-8-24(9-15-26)34(39)36-25-10-16-28(17-11-25)44-30-20-18-29(19-21-30)43-27-12-6-23(7-13-27)22-33(38)37-32-5-3-2-4-31(32)35(40)41/h2-9,12-15,18-21,25,28H,10-11,16-17,22H2,1H3,(H,36,39)(H,37,38)(H,40,41). The van der Waals surface area contributed by atoms with Gasteiger partial charge >= 0.3 is 5.97 Å². The van der Waals surface area contributed by atoms with E-state index in [2.05, 4.69) is 10.6 Å². The van der Waals surface area contributed by atoms with Crippen LogP contribution in [0.4, 0.5) is 5.69 Å². The molecule has 0 spiro atoms. The van der Waals surface area contributed by atoms with Gasteiger partial charge < -0.3 is 30.0 Å². The van der Waals surface area contributed by atoms with Crippen LogP contribution in [0.5, 0.6) is 23.0 Å². The van der Waals surface area contributed by atoms with Gasteiger partial charge in [0.1, 0.15) is 23.0 Å². The molecule has 0 aliphatic heterocycles. The predicted octanol–water partition coefficient (Wildman–Crippen LogP) is 6.49. The van der Waals surface area contributed by atoms with Crippen molar-refractivity contribution in [2.24, 2.45) is 0 Å². The van der Waals surface area contributed by atoms with E-state index in [9.17, 15) is 19.5 Å². The zero-order valence-corrected chi connectivity index (χ0v) is 24.3. The number of amides is 2. The highest BCUT2D eigenvalue weighted by Crippen LogP contribution is 2.28. The van der Waals surface area contributed by atoms with Crippen molar-refractivity contribution in [3.8, 4) is 23.0 Å². The molecule has 1 fully saturated rings. The van der Waals surface area contributed by atoms with Crippen molar-refractivity contribution in [2.45, 2.75) is 44.2 Å². The molecule has 5 rings (SSSR count). The molecule has 0 saturated heterocycles. The van der Waals surface area contributed by atoms with Gasteiger partial charge in [0.05, 0.1) is 30.9 Å². The molecular weight excluding hydrogens is 560 g/mol.